The summed E-state index contributed by atoms with van der Waals surface area (Å²) in [6.07, 6.45) is -4.53. The van der Waals surface area contributed by atoms with E-state index in [4.69, 9.17) is 5.73 Å². The summed E-state index contributed by atoms with van der Waals surface area (Å²) in [6.45, 7) is 0. The van der Waals surface area contributed by atoms with Gasteiger partial charge in [0.1, 0.15) is 0 Å². The summed E-state index contributed by atoms with van der Waals surface area (Å²) < 4.78 is 37.8. The molecular formula is C12H9F3N2. The predicted octanol–water partition coefficient (Wildman–Crippen LogP) is 3.35. The van der Waals surface area contributed by atoms with E-state index in [2.05, 4.69) is 4.98 Å². The summed E-state index contributed by atoms with van der Waals surface area (Å²) in [5.41, 5.74) is 4.74. The molecule has 1 aromatic carbocycles. The molecule has 0 amide bonds. The van der Waals surface area contributed by atoms with E-state index in [1.807, 2.05) is 0 Å². The maximum absolute atomic E-state index is 12.6. The van der Waals surface area contributed by atoms with E-state index < -0.39 is 11.9 Å². The van der Waals surface area contributed by atoms with Gasteiger partial charge < -0.3 is 5.73 Å². The van der Waals surface area contributed by atoms with E-state index >= 15 is 0 Å². The van der Waals surface area contributed by atoms with Crippen LogP contribution in [-0.2, 0) is 6.18 Å². The van der Waals surface area contributed by atoms with Gasteiger partial charge >= 0.3 is 6.18 Å². The first kappa shape index (κ1) is 11.4. The minimum absolute atomic E-state index is 0.257. The lowest BCUT2D eigenvalue weighted by molar-refractivity contribution is -0.140. The first-order valence-electron chi connectivity index (χ1n) is 4.87. The van der Waals surface area contributed by atoms with E-state index in [-0.39, 0.29) is 11.4 Å². The van der Waals surface area contributed by atoms with Crippen LogP contribution in [0.15, 0.2) is 42.5 Å². The number of aromatic nitrogens is 1. The molecule has 2 rings (SSSR count). The zero-order valence-electron chi connectivity index (χ0n) is 8.70. The van der Waals surface area contributed by atoms with Crippen molar-refractivity contribution in [3.05, 3.63) is 48.2 Å². The molecule has 0 aliphatic heterocycles. The third-order valence-electron chi connectivity index (χ3n) is 2.26. The highest BCUT2D eigenvalue weighted by atomic mass is 19.4. The van der Waals surface area contributed by atoms with Crippen molar-refractivity contribution in [2.45, 2.75) is 6.18 Å². The van der Waals surface area contributed by atoms with Crippen molar-refractivity contribution in [3.63, 3.8) is 0 Å². The predicted molar refractivity (Wildman–Crippen MR) is 59.1 cm³/mol. The Balaban J connectivity index is 2.53. The zero-order chi connectivity index (χ0) is 12.5. The van der Waals surface area contributed by atoms with Crippen LogP contribution in [0, 0.1) is 0 Å². The molecule has 0 aliphatic rings. The maximum Gasteiger partial charge on any atom is 0.435 e. The van der Waals surface area contributed by atoms with Gasteiger partial charge in [0.2, 0.25) is 0 Å². The first-order valence-corrected chi connectivity index (χ1v) is 4.87. The highest BCUT2D eigenvalue weighted by molar-refractivity contribution is 5.62. The molecule has 0 spiro atoms. The van der Waals surface area contributed by atoms with Gasteiger partial charge in [0.25, 0.3) is 0 Å². The number of nitrogens with two attached hydrogens (primary N) is 1. The highest BCUT2D eigenvalue weighted by Crippen LogP contribution is 2.33. The fraction of sp³-hybridized carbons (Fsp3) is 0.0833. The third kappa shape index (κ3) is 2.38. The highest BCUT2D eigenvalue weighted by Gasteiger charge is 2.35. The van der Waals surface area contributed by atoms with Crippen LogP contribution < -0.4 is 5.73 Å². The molecule has 2 aromatic rings. The van der Waals surface area contributed by atoms with Gasteiger partial charge in [-0.1, -0.05) is 30.3 Å². The fourth-order valence-electron chi connectivity index (χ4n) is 1.47. The normalized spacial score (nSPS) is 11.5. The molecule has 0 saturated heterocycles. The van der Waals surface area contributed by atoms with Crippen molar-refractivity contribution < 1.29 is 13.2 Å². The number of hydrogen-bond donors (Lipinski definition) is 1. The summed E-state index contributed by atoms with van der Waals surface area (Å²) in [5.74, 6) is 0. The molecule has 88 valence electrons. The molecule has 0 fully saturated rings. The lowest BCUT2D eigenvalue weighted by atomic mass is 10.1. The van der Waals surface area contributed by atoms with Crippen LogP contribution in [0.2, 0.25) is 0 Å². The SMILES string of the molecule is Nc1ccc(-c2ccccc2)nc1C(F)(F)F. The Morgan fingerprint density at radius 2 is 1.59 bits per heavy atom. The molecule has 1 aromatic heterocycles. The molecule has 17 heavy (non-hydrogen) atoms. The molecule has 2 N–H and O–H groups in total. The molecule has 1 heterocycles. The monoisotopic (exact) mass is 238 g/mol. The summed E-state index contributed by atoms with van der Waals surface area (Å²) in [7, 11) is 0. The molecule has 0 radical (unpaired) electrons. The largest absolute Gasteiger partial charge is 0.435 e. The van der Waals surface area contributed by atoms with E-state index in [9.17, 15) is 13.2 Å². The maximum atomic E-state index is 12.6. The van der Waals surface area contributed by atoms with Gasteiger partial charge in [0, 0.05) is 5.56 Å². The summed E-state index contributed by atoms with van der Waals surface area (Å²) in [4.78, 5) is 3.56. The van der Waals surface area contributed by atoms with Crippen LogP contribution in [0.5, 0.6) is 0 Å². The molecule has 0 unspecified atom stereocenters. The van der Waals surface area contributed by atoms with Gasteiger partial charge in [0.05, 0.1) is 11.4 Å². The van der Waals surface area contributed by atoms with Crippen molar-refractivity contribution >= 4 is 5.69 Å². The number of rotatable bonds is 1. The summed E-state index contributed by atoms with van der Waals surface area (Å²) >= 11 is 0. The van der Waals surface area contributed by atoms with Gasteiger partial charge in [-0.15, -0.1) is 0 Å². The second kappa shape index (κ2) is 4.08. The number of pyridine rings is 1. The number of anilines is 1. The van der Waals surface area contributed by atoms with E-state index in [1.165, 1.54) is 12.1 Å². The van der Waals surface area contributed by atoms with Gasteiger partial charge in [-0.25, -0.2) is 4.98 Å². The number of halogens is 3. The molecule has 0 bridgehead atoms. The molecule has 0 saturated carbocycles. The lowest BCUT2D eigenvalue weighted by Gasteiger charge is -2.10. The minimum atomic E-state index is -4.53. The van der Waals surface area contributed by atoms with Crippen molar-refractivity contribution in [3.8, 4) is 11.3 Å². The van der Waals surface area contributed by atoms with E-state index in [0.717, 1.165) is 0 Å². The van der Waals surface area contributed by atoms with Crippen molar-refractivity contribution in [1.82, 2.24) is 4.98 Å². The van der Waals surface area contributed by atoms with E-state index in [0.29, 0.717) is 5.56 Å². The number of nitrogens with zero attached hydrogens (tertiary/aromatic N) is 1. The van der Waals surface area contributed by atoms with Crippen LogP contribution in [0.3, 0.4) is 0 Å². The summed E-state index contributed by atoms with van der Waals surface area (Å²) in [6, 6.07) is 11.3. The standard InChI is InChI=1S/C12H9F3N2/c13-12(14,15)11-9(16)6-7-10(17-11)8-4-2-1-3-5-8/h1-7H,16H2. The quantitative estimate of drug-likeness (QED) is 0.827. The Morgan fingerprint density at radius 3 is 2.18 bits per heavy atom. The molecular weight excluding hydrogens is 229 g/mol. The number of nitrogen functional groups attached to an aromatic ring is 1. The second-order valence-electron chi connectivity index (χ2n) is 3.50. The summed E-state index contributed by atoms with van der Waals surface area (Å²) in [5, 5.41) is 0. The molecule has 0 atom stereocenters. The Kier molecular flexibility index (Phi) is 2.75. The number of benzene rings is 1. The smallest absolute Gasteiger partial charge is 0.397 e. The van der Waals surface area contributed by atoms with Gasteiger partial charge in [0.15, 0.2) is 5.69 Å². The molecule has 5 heteroatoms. The Hall–Kier alpha value is -2.04. The molecule has 2 nitrogen and oxygen atoms in total. The van der Waals surface area contributed by atoms with Crippen molar-refractivity contribution in [1.29, 1.82) is 0 Å². The third-order valence-corrected chi connectivity index (χ3v) is 2.26. The van der Waals surface area contributed by atoms with Crippen LogP contribution in [0.4, 0.5) is 18.9 Å². The topological polar surface area (TPSA) is 38.9 Å². The zero-order valence-corrected chi connectivity index (χ0v) is 8.70. The van der Waals surface area contributed by atoms with Crippen molar-refractivity contribution in [2.75, 3.05) is 5.73 Å². The minimum Gasteiger partial charge on any atom is -0.397 e. The van der Waals surface area contributed by atoms with Gasteiger partial charge in [-0.3, -0.25) is 0 Å². The lowest BCUT2D eigenvalue weighted by Crippen LogP contribution is -2.12. The number of hydrogen-bond acceptors (Lipinski definition) is 2. The van der Waals surface area contributed by atoms with Crippen LogP contribution >= 0.6 is 0 Å². The Morgan fingerprint density at radius 1 is 0.941 bits per heavy atom. The Labute approximate surface area is 95.9 Å². The average Bonchev–Trinajstić information content (AvgIpc) is 2.29. The second-order valence-corrected chi connectivity index (χ2v) is 3.50. The average molecular weight is 238 g/mol. The van der Waals surface area contributed by atoms with Crippen molar-refractivity contribution in [2.24, 2.45) is 0 Å². The first-order chi connectivity index (χ1) is 7.98. The van der Waals surface area contributed by atoms with Gasteiger partial charge in [-0.05, 0) is 12.1 Å². The fourth-order valence-corrected chi connectivity index (χ4v) is 1.47. The van der Waals surface area contributed by atoms with Crippen LogP contribution in [0.1, 0.15) is 5.69 Å². The Bertz CT molecular complexity index is 521. The van der Waals surface area contributed by atoms with E-state index in [1.54, 1.807) is 30.3 Å². The van der Waals surface area contributed by atoms with Crippen LogP contribution in [0.25, 0.3) is 11.3 Å². The van der Waals surface area contributed by atoms with Gasteiger partial charge in [-0.2, -0.15) is 13.2 Å². The molecule has 0 aliphatic carbocycles. The number of alkyl halides is 3. The van der Waals surface area contributed by atoms with Crippen LogP contribution in [-0.4, -0.2) is 4.98 Å².